The maximum Gasteiger partial charge on any atom is 0.258 e. The molecular weight excluding hydrogens is 209 g/mol. The van der Waals surface area contributed by atoms with Crippen LogP contribution in [0.15, 0.2) is 18.2 Å². The van der Waals surface area contributed by atoms with Gasteiger partial charge in [-0.2, -0.15) is 0 Å². The maximum atomic E-state index is 13.4. The molecule has 0 bridgehead atoms. The second-order valence-electron chi connectivity index (χ2n) is 4.33. The van der Waals surface area contributed by atoms with Crippen LogP contribution in [0.2, 0.25) is 0 Å². The van der Waals surface area contributed by atoms with Gasteiger partial charge in [-0.25, -0.2) is 4.39 Å². The van der Waals surface area contributed by atoms with E-state index in [2.05, 4.69) is 5.32 Å². The Labute approximate surface area is 94.3 Å². The molecule has 0 radical (unpaired) electrons. The number of carbonyl (C=O) groups is 1. The second kappa shape index (κ2) is 4.51. The average molecular weight is 225 g/mol. The number of hydrogen-bond donors (Lipinski definition) is 2. The van der Waals surface area contributed by atoms with Gasteiger partial charge in [0.2, 0.25) is 0 Å². The third-order valence-electron chi connectivity index (χ3n) is 2.55. The highest BCUT2D eigenvalue weighted by Crippen LogP contribution is 2.20. The van der Waals surface area contributed by atoms with Gasteiger partial charge in [0.1, 0.15) is 17.1 Å². The van der Waals surface area contributed by atoms with Crippen molar-refractivity contribution >= 4 is 5.91 Å². The van der Waals surface area contributed by atoms with Crippen LogP contribution in [0.3, 0.4) is 0 Å². The fraction of sp³-hybridized carbons (Fsp3) is 0.417. The van der Waals surface area contributed by atoms with Crippen LogP contribution in [0.4, 0.5) is 4.39 Å². The molecule has 3 nitrogen and oxygen atoms in total. The molecule has 1 aromatic rings. The largest absolute Gasteiger partial charge is 0.507 e. The summed E-state index contributed by atoms with van der Waals surface area (Å²) in [6, 6.07) is 3.79. The zero-order valence-corrected chi connectivity index (χ0v) is 9.67. The summed E-state index contributed by atoms with van der Waals surface area (Å²) in [6.45, 7) is 5.59. The number of phenols is 1. The van der Waals surface area contributed by atoms with Crippen LogP contribution in [-0.2, 0) is 0 Å². The molecule has 2 N–H and O–H groups in total. The van der Waals surface area contributed by atoms with Gasteiger partial charge in [-0.1, -0.05) is 13.0 Å². The number of benzene rings is 1. The van der Waals surface area contributed by atoms with Crippen LogP contribution in [0.1, 0.15) is 37.6 Å². The molecule has 4 heteroatoms. The van der Waals surface area contributed by atoms with Crippen molar-refractivity contribution in [3.05, 3.63) is 29.6 Å². The number of aromatic hydroxyl groups is 1. The minimum absolute atomic E-state index is 0.302. The molecule has 0 aromatic heterocycles. The Kier molecular flexibility index (Phi) is 3.52. The zero-order valence-electron chi connectivity index (χ0n) is 9.67. The molecule has 0 heterocycles. The number of nitrogens with one attached hydrogen (secondary N) is 1. The molecule has 0 unspecified atom stereocenters. The Balaban J connectivity index is 2.98. The van der Waals surface area contributed by atoms with Gasteiger partial charge in [-0.15, -0.1) is 0 Å². The molecule has 1 rings (SSSR count). The Morgan fingerprint density at radius 3 is 2.62 bits per heavy atom. The van der Waals surface area contributed by atoms with E-state index in [0.717, 1.165) is 6.07 Å². The minimum atomic E-state index is -0.718. The van der Waals surface area contributed by atoms with E-state index in [1.165, 1.54) is 12.1 Å². The molecule has 0 atom stereocenters. The molecule has 0 spiro atoms. The predicted molar refractivity (Wildman–Crippen MR) is 59.9 cm³/mol. The first kappa shape index (κ1) is 12.5. The van der Waals surface area contributed by atoms with Gasteiger partial charge in [-0.05, 0) is 32.4 Å². The third kappa shape index (κ3) is 2.72. The number of carbonyl (C=O) groups excluding carboxylic acids is 1. The number of hydrogen-bond acceptors (Lipinski definition) is 2. The van der Waals surface area contributed by atoms with Gasteiger partial charge in [0, 0.05) is 5.54 Å². The lowest BCUT2D eigenvalue weighted by molar-refractivity contribution is 0.0904. The highest BCUT2D eigenvalue weighted by Gasteiger charge is 2.23. The average Bonchev–Trinajstić information content (AvgIpc) is 2.16. The summed E-state index contributed by atoms with van der Waals surface area (Å²) < 4.78 is 13.4. The second-order valence-corrected chi connectivity index (χ2v) is 4.33. The van der Waals surface area contributed by atoms with E-state index in [9.17, 15) is 14.3 Å². The highest BCUT2D eigenvalue weighted by molar-refractivity contribution is 5.97. The van der Waals surface area contributed by atoms with Crippen molar-refractivity contribution in [2.45, 2.75) is 32.7 Å². The summed E-state index contributed by atoms with van der Waals surface area (Å²) in [5.74, 6) is -1.66. The van der Waals surface area contributed by atoms with Crippen molar-refractivity contribution < 1.29 is 14.3 Å². The minimum Gasteiger partial charge on any atom is -0.507 e. The summed E-state index contributed by atoms with van der Waals surface area (Å²) >= 11 is 0. The normalized spacial score (nSPS) is 11.2. The molecule has 16 heavy (non-hydrogen) atoms. The molecule has 0 aliphatic rings. The van der Waals surface area contributed by atoms with Crippen LogP contribution in [0.25, 0.3) is 0 Å². The standard InChI is InChI=1S/C12H16FNO2/c1-4-12(2,3)14-11(16)10-8(13)6-5-7-9(10)15/h5-7,15H,4H2,1-3H3,(H,14,16). The number of amides is 1. The van der Waals surface area contributed by atoms with E-state index in [1.54, 1.807) is 0 Å². The van der Waals surface area contributed by atoms with Crippen molar-refractivity contribution in [3.8, 4) is 5.75 Å². The predicted octanol–water partition coefficient (Wildman–Crippen LogP) is 2.45. The van der Waals surface area contributed by atoms with E-state index in [0.29, 0.717) is 6.42 Å². The van der Waals surface area contributed by atoms with Crippen LogP contribution in [0, 0.1) is 5.82 Å². The summed E-state index contributed by atoms with van der Waals surface area (Å²) in [4.78, 5) is 11.7. The Hall–Kier alpha value is -1.58. The first-order chi connectivity index (χ1) is 7.37. The van der Waals surface area contributed by atoms with Gasteiger partial charge in [0.25, 0.3) is 5.91 Å². The van der Waals surface area contributed by atoms with Gasteiger partial charge < -0.3 is 10.4 Å². The number of halogens is 1. The quantitative estimate of drug-likeness (QED) is 0.830. The van der Waals surface area contributed by atoms with Crippen LogP contribution in [0.5, 0.6) is 5.75 Å². The summed E-state index contributed by atoms with van der Waals surface area (Å²) in [5.41, 5.74) is -0.727. The van der Waals surface area contributed by atoms with E-state index < -0.39 is 17.3 Å². The van der Waals surface area contributed by atoms with Crippen molar-refractivity contribution in [2.24, 2.45) is 0 Å². The van der Waals surface area contributed by atoms with Gasteiger partial charge in [-0.3, -0.25) is 4.79 Å². The van der Waals surface area contributed by atoms with E-state index >= 15 is 0 Å². The SMILES string of the molecule is CCC(C)(C)NC(=O)c1c(O)cccc1F. The van der Waals surface area contributed by atoms with Gasteiger partial charge in [0.15, 0.2) is 0 Å². The van der Waals surface area contributed by atoms with E-state index in [-0.39, 0.29) is 11.3 Å². The summed E-state index contributed by atoms with van der Waals surface area (Å²) in [6.07, 6.45) is 0.716. The summed E-state index contributed by atoms with van der Waals surface area (Å²) in [5, 5.41) is 12.1. The number of phenolic OH excluding ortho intramolecular Hbond substituents is 1. The molecule has 88 valence electrons. The van der Waals surface area contributed by atoms with Gasteiger partial charge in [0.05, 0.1) is 0 Å². The molecule has 0 aliphatic carbocycles. The van der Waals surface area contributed by atoms with Gasteiger partial charge >= 0.3 is 0 Å². The lowest BCUT2D eigenvalue weighted by atomic mass is 10.0. The molecule has 0 fully saturated rings. The lowest BCUT2D eigenvalue weighted by Crippen LogP contribution is -2.43. The molecule has 0 saturated carbocycles. The first-order valence-electron chi connectivity index (χ1n) is 5.17. The van der Waals surface area contributed by atoms with Crippen molar-refractivity contribution in [1.82, 2.24) is 5.32 Å². The first-order valence-corrected chi connectivity index (χ1v) is 5.17. The Morgan fingerprint density at radius 2 is 2.12 bits per heavy atom. The van der Waals surface area contributed by atoms with Crippen molar-refractivity contribution in [3.63, 3.8) is 0 Å². The van der Waals surface area contributed by atoms with E-state index in [1.807, 2.05) is 20.8 Å². The highest BCUT2D eigenvalue weighted by atomic mass is 19.1. The van der Waals surface area contributed by atoms with Crippen molar-refractivity contribution in [1.29, 1.82) is 0 Å². The fourth-order valence-corrected chi connectivity index (χ4v) is 1.20. The van der Waals surface area contributed by atoms with Crippen LogP contribution in [-0.4, -0.2) is 16.6 Å². The monoisotopic (exact) mass is 225 g/mol. The molecule has 0 saturated heterocycles. The maximum absolute atomic E-state index is 13.4. The molecule has 0 aliphatic heterocycles. The van der Waals surface area contributed by atoms with Crippen LogP contribution < -0.4 is 5.32 Å². The molecule has 1 aromatic carbocycles. The fourth-order valence-electron chi connectivity index (χ4n) is 1.20. The zero-order chi connectivity index (χ0) is 12.3. The smallest absolute Gasteiger partial charge is 0.258 e. The molecular formula is C12H16FNO2. The van der Waals surface area contributed by atoms with Crippen molar-refractivity contribution in [2.75, 3.05) is 0 Å². The third-order valence-corrected chi connectivity index (χ3v) is 2.55. The number of rotatable bonds is 3. The topological polar surface area (TPSA) is 49.3 Å². The Bertz CT molecular complexity index is 382. The Morgan fingerprint density at radius 1 is 1.50 bits per heavy atom. The van der Waals surface area contributed by atoms with E-state index in [4.69, 9.17) is 0 Å². The van der Waals surface area contributed by atoms with Crippen LogP contribution >= 0.6 is 0 Å². The summed E-state index contributed by atoms with van der Waals surface area (Å²) in [7, 11) is 0. The lowest BCUT2D eigenvalue weighted by Gasteiger charge is -2.24. The molecule has 1 amide bonds.